The monoisotopic (exact) mass is 236 g/mol. The van der Waals surface area contributed by atoms with E-state index >= 15 is 0 Å². The summed E-state index contributed by atoms with van der Waals surface area (Å²) in [4.78, 5) is 0. The second-order valence-corrected chi connectivity index (χ2v) is 6.05. The maximum Gasteiger partial charge on any atom is 0.106 e. The van der Waals surface area contributed by atoms with E-state index in [0.29, 0.717) is 5.92 Å². The van der Waals surface area contributed by atoms with Gasteiger partial charge in [-0.25, -0.2) is 0 Å². The highest BCUT2D eigenvalue weighted by molar-refractivity contribution is 5.08. The largest absolute Gasteiger partial charge is 0.299 e. The van der Waals surface area contributed by atoms with E-state index in [1.807, 2.05) is 0 Å². The molecule has 0 heterocycles. The van der Waals surface area contributed by atoms with E-state index in [2.05, 4.69) is 32.2 Å². The molecule has 0 aromatic rings. The molecule has 1 aliphatic rings. The van der Waals surface area contributed by atoms with Crippen LogP contribution in [0.1, 0.15) is 65.7 Å². The first-order chi connectivity index (χ1) is 8.12. The molecule has 1 saturated carbocycles. The molecule has 0 amide bonds. The first kappa shape index (κ1) is 14.5. The smallest absolute Gasteiger partial charge is 0.106 e. The Hall–Kier alpha value is -0.550. The third kappa shape index (κ3) is 4.68. The first-order valence-electron chi connectivity index (χ1n) is 7.28. The summed E-state index contributed by atoms with van der Waals surface area (Å²) in [7, 11) is 0. The fraction of sp³-hybridized carbons (Fsp3) is 0.933. The summed E-state index contributed by atoms with van der Waals surface area (Å²) in [5.41, 5.74) is -0.229. The minimum Gasteiger partial charge on any atom is -0.299 e. The molecule has 2 nitrogen and oxygen atoms in total. The molecule has 1 N–H and O–H groups in total. The maximum atomic E-state index is 9.48. The normalized spacial score (nSPS) is 29.9. The molecule has 2 atom stereocenters. The van der Waals surface area contributed by atoms with Crippen LogP contribution in [0, 0.1) is 23.2 Å². The van der Waals surface area contributed by atoms with Gasteiger partial charge in [0.25, 0.3) is 0 Å². The number of hydrogen-bond donors (Lipinski definition) is 1. The van der Waals surface area contributed by atoms with Crippen molar-refractivity contribution in [2.45, 2.75) is 71.3 Å². The lowest BCUT2D eigenvalue weighted by Crippen LogP contribution is -2.45. The second-order valence-electron chi connectivity index (χ2n) is 6.05. The van der Waals surface area contributed by atoms with Gasteiger partial charge in [0.05, 0.1) is 6.07 Å². The molecule has 0 spiro atoms. The average molecular weight is 236 g/mol. The van der Waals surface area contributed by atoms with Crippen LogP contribution in [0.3, 0.4) is 0 Å². The SMILES string of the molecule is CCCC1CCCC(C#N)(NCC(C)C)CC1. The summed E-state index contributed by atoms with van der Waals surface area (Å²) in [5, 5.41) is 13.0. The van der Waals surface area contributed by atoms with Gasteiger partial charge in [0.1, 0.15) is 5.54 Å². The summed E-state index contributed by atoms with van der Waals surface area (Å²) in [5.74, 6) is 1.48. The molecule has 2 heteroatoms. The van der Waals surface area contributed by atoms with Crippen molar-refractivity contribution in [1.29, 1.82) is 5.26 Å². The highest BCUT2D eigenvalue weighted by Gasteiger charge is 2.32. The van der Waals surface area contributed by atoms with Gasteiger partial charge in [-0.05, 0) is 37.6 Å². The summed E-state index contributed by atoms with van der Waals surface area (Å²) in [6, 6.07) is 2.56. The van der Waals surface area contributed by atoms with Crippen molar-refractivity contribution in [3.05, 3.63) is 0 Å². The molecular formula is C15H28N2. The predicted molar refractivity (Wildman–Crippen MR) is 72.7 cm³/mol. The zero-order chi connectivity index (χ0) is 12.7. The molecule has 1 fully saturated rings. The number of nitrogens with zero attached hydrogens (tertiary/aromatic N) is 1. The zero-order valence-corrected chi connectivity index (χ0v) is 11.8. The lowest BCUT2D eigenvalue weighted by Gasteiger charge is -2.27. The van der Waals surface area contributed by atoms with E-state index in [0.717, 1.165) is 25.3 Å². The van der Waals surface area contributed by atoms with Crippen molar-refractivity contribution in [3.8, 4) is 6.07 Å². The number of nitriles is 1. The highest BCUT2D eigenvalue weighted by atomic mass is 15.0. The molecule has 1 aliphatic carbocycles. The standard InChI is InChI=1S/C15H28N2/c1-4-6-14-7-5-9-15(12-16,10-8-14)17-11-13(2)3/h13-14,17H,4-11H2,1-3H3. The van der Waals surface area contributed by atoms with Gasteiger partial charge in [-0.3, -0.25) is 5.32 Å². The third-order valence-corrected chi connectivity index (χ3v) is 3.95. The Bertz CT molecular complexity index is 254. The van der Waals surface area contributed by atoms with Gasteiger partial charge < -0.3 is 0 Å². The third-order valence-electron chi connectivity index (χ3n) is 3.95. The predicted octanol–water partition coefficient (Wildman–Crippen LogP) is 3.87. The molecule has 0 aromatic heterocycles. The minimum atomic E-state index is -0.229. The fourth-order valence-electron chi connectivity index (χ4n) is 2.84. The lowest BCUT2D eigenvalue weighted by molar-refractivity contribution is 0.337. The minimum absolute atomic E-state index is 0.229. The van der Waals surface area contributed by atoms with Gasteiger partial charge >= 0.3 is 0 Å². The Labute approximate surface area is 107 Å². The van der Waals surface area contributed by atoms with Crippen LogP contribution in [-0.4, -0.2) is 12.1 Å². The van der Waals surface area contributed by atoms with E-state index in [1.165, 1.54) is 32.1 Å². The van der Waals surface area contributed by atoms with Crippen molar-refractivity contribution >= 4 is 0 Å². The number of nitrogens with one attached hydrogen (secondary N) is 1. The summed E-state index contributed by atoms with van der Waals surface area (Å²) >= 11 is 0. The van der Waals surface area contributed by atoms with Crippen molar-refractivity contribution in [3.63, 3.8) is 0 Å². The van der Waals surface area contributed by atoms with E-state index < -0.39 is 0 Å². The molecular weight excluding hydrogens is 208 g/mol. The van der Waals surface area contributed by atoms with Gasteiger partial charge in [0.15, 0.2) is 0 Å². The van der Waals surface area contributed by atoms with Crippen LogP contribution in [-0.2, 0) is 0 Å². The Balaban J connectivity index is 2.53. The van der Waals surface area contributed by atoms with E-state index in [9.17, 15) is 5.26 Å². The maximum absolute atomic E-state index is 9.48. The number of rotatable bonds is 5. The van der Waals surface area contributed by atoms with Gasteiger partial charge in [0, 0.05) is 0 Å². The van der Waals surface area contributed by atoms with Crippen LogP contribution < -0.4 is 5.32 Å². The Morgan fingerprint density at radius 3 is 2.71 bits per heavy atom. The summed E-state index contributed by atoms with van der Waals surface area (Å²) < 4.78 is 0. The first-order valence-corrected chi connectivity index (χ1v) is 7.28. The van der Waals surface area contributed by atoms with E-state index in [4.69, 9.17) is 0 Å². The van der Waals surface area contributed by atoms with Gasteiger partial charge in [0.2, 0.25) is 0 Å². The molecule has 1 rings (SSSR count). The quantitative estimate of drug-likeness (QED) is 0.735. The van der Waals surface area contributed by atoms with Crippen LogP contribution in [0.5, 0.6) is 0 Å². The van der Waals surface area contributed by atoms with Gasteiger partial charge in [-0.15, -0.1) is 0 Å². The second kappa shape index (κ2) is 7.01. The molecule has 2 unspecified atom stereocenters. The van der Waals surface area contributed by atoms with Crippen LogP contribution in [0.2, 0.25) is 0 Å². The average Bonchev–Trinajstić information content (AvgIpc) is 2.51. The molecule has 0 aromatic carbocycles. The highest BCUT2D eigenvalue weighted by Crippen LogP contribution is 2.32. The van der Waals surface area contributed by atoms with E-state index in [-0.39, 0.29) is 5.54 Å². The van der Waals surface area contributed by atoms with E-state index in [1.54, 1.807) is 0 Å². The van der Waals surface area contributed by atoms with Crippen LogP contribution in [0.4, 0.5) is 0 Å². The van der Waals surface area contributed by atoms with Gasteiger partial charge in [-0.2, -0.15) is 5.26 Å². The van der Waals surface area contributed by atoms with Crippen molar-refractivity contribution in [2.75, 3.05) is 6.54 Å². The lowest BCUT2D eigenvalue weighted by atomic mass is 9.90. The molecule has 0 saturated heterocycles. The topological polar surface area (TPSA) is 35.8 Å². The van der Waals surface area contributed by atoms with Crippen molar-refractivity contribution in [2.24, 2.45) is 11.8 Å². The molecule has 0 aliphatic heterocycles. The molecule has 0 radical (unpaired) electrons. The van der Waals surface area contributed by atoms with Crippen LogP contribution >= 0.6 is 0 Å². The molecule has 0 bridgehead atoms. The number of hydrogen-bond acceptors (Lipinski definition) is 2. The Kier molecular flexibility index (Phi) is 5.98. The van der Waals surface area contributed by atoms with Gasteiger partial charge in [-0.1, -0.05) is 46.5 Å². The van der Waals surface area contributed by atoms with Crippen molar-refractivity contribution < 1.29 is 0 Å². The molecule has 17 heavy (non-hydrogen) atoms. The van der Waals surface area contributed by atoms with Crippen LogP contribution in [0.15, 0.2) is 0 Å². The summed E-state index contributed by atoms with van der Waals surface area (Å²) in [6.07, 6.45) is 8.46. The summed E-state index contributed by atoms with van der Waals surface area (Å²) in [6.45, 7) is 7.63. The van der Waals surface area contributed by atoms with Crippen LogP contribution in [0.25, 0.3) is 0 Å². The van der Waals surface area contributed by atoms with Crippen molar-refractivity contribution in [1.82, 2.24) is 5.32 Å². The Morgan fingerprint density at radius 1 is 1.35 bits per heavy atom. The Morgan fingerprint density at radius 2 is 2.12 bits per heavy atom. The molecule has 98 valence electrons. The zero-order valence-electron chi connectivity index (χ0n) is 11.8. The fourth-order valence-corrected chi connectivity index (χ4v) is 2.84.